The first kappa shape index (κ1) is 17.2. The highest BCUT2D eigenvalue weighted by molar-refractivity contribution is 7.80. The highest BCUT2D eigenvalue weighted by Gasteiger charge is 2.04. The average molecular weight is 298 g/mol. The highest BCUT2D eigenvalue weighted by Crippen LogP contribution is 2.11. The minimum atomic E-state index is -0.129. The van der Waals surface area contributed by atoms with Gasteiger partial charge >= 0.3 is 5.97 Å². The molecule has 1 heterocycles. The number of hydrogen-bond acceptors (Lipinski definition) is 4. The summed E-state index contributed by atoms with van der Waals surface area (Å²) in [5.41, 5.74) is 0. The van der Waals surface area contributed by atoms with Gasteiger partial charge in [-0.2, -0.15) is 12.6 Å². The van der Waals surface area contributed by atoms with Crippen LogP contribution < -0.4 is 0 Å². The van der Waals surface area contributed by atoms with Crippen molar-refractivity contribution in [1.82, 2.24) is 0 Å². The molecule has 0 unspecified atom stereocenters. The Morgan fingerprint density at radius 1 is 1.05 bits per heavy atom. The molecule has 0 radical (unpaired) electrons. The van der Waals surface area contributed by atoms with E-state index >= 15 is 0 Å². The van der Waals surface area contributed by atoms with Gasteiger partial charge in [0, 0.05) is 6.42 Å². The average Bonchev–Trinajstić information content (AvgIpc) is 2.96. The largest absolute Gasteiger partial charge is 0.466 e. The van der Waals surface area contributed by atoms with Gasteiger partial charge in [0.05, 0.1) is 6.26 Å². The molecule has 4 heteroatoms. The fourth-order valence-electron chi connectivity index (χ4n) is 2.06. The lowest BCUT2D eigenvalue weighted by atomic mass is 10.1. The van der Waals surface area contributed by atoms with E-state index in [1.807, 2.05) is 0 Å². The van der Waals surface area contributed by atoms with Crippen molar-refractivity contribution in [2.45, 2.75) is 64.4 Å². The number of carbonyl (C=O) groups is 1. The predicted octanol–water partition coefficient (Wildman–Crippen LogP) is 4.76. The zero-order chi connectivity index (χ0) is 14.5. The summed E-state index contributed by atoms with van der Waals surface area (Å²) in [6.45, 7) is 0.247. The van der Waals surface area contributed by atoms with Crippen molar-refractivity contribution in [3.8, 4) is 0 Å². The maximum Gasteiger partial charge on any atom is 0.306 e. The second-order valence-electron chi connectivity index (χ2n) is 5.04. The lowest BCUT2D eigenvalue weighted by Gasteiger charge is -2.03. The van der Waals surface area contributed by atoms with Gasteiger partial charge in [0.1, 0.15) is 12.4 Å². The van der Waals surface area contributed by atoms with Crippen molar-refractivity contribution < 1.29 is 13.9 Å². The smallest absolute Gasteiger partial charge is 0.306 e. The molecule has 3 nitrogen and oxygen atoms in total. The molecule has 0 aliphatic carbocycles. The van der Waals surface area contributed by atoms with Gasteiger partial charge in [-0.25, -0.2) is 0 Å². The van der Waals surface area contributed by atoms with Gasteiger partial charge in [-0.3, -0.25) is 4.79 Å². The van der Waals surface area contributed by atoms with E-state index in [2.05, 4.69) is 12.6 Å². The number of furan rings is 1. The maximum atomic E-state index is 11.5. The predicted molar refractivity (Wildman–Crippen MR) is 83.9 cm³/mol. The lowest BCUT2D eigenvalue weighted by Crippen LogP contribution is -2.03. The van der Waals surface area contributed by atoms with Gasteiger partial charge < -0.3 is 9.15 Å². The topological polar surface area (TPSA) is 39.4 Å². The van der Waals surface area contributed by atoms with Gasteiger partial charge in [0.2, 0.25) is 0 Å². The molecule has 0 aliphatic rings. The Balaban J connectivity index is 1.84. The summed E-state index contributed by atoms with van der Waals surface area (Å²) < 4.78 is 10.2. The molecule has 0 saturated heterocycles. The molecule has 0 spiro atoms. The first-order valence-corrected chi connectivity index (χ1v) is 8.25. The Morgan fingerprint density at radius 2 is 1.70 bits per heavy atom. The van der Waals surface area contributed by atoms with Crippen LogP contribution in [0.2, 0.25) is 0 Å². The van der Waals surface area contributed by atoms with Crippen LogP contribution in [0.5, 0.6) is 0 Å². The second-order valence-corrected chi connectivity index (χ2v) is 5.49. The summed E-state index contributed by atoms with van der Waals surface area (Å²) in [5.74, 6) is 1.56. The number of hydrogen-bond donors (Lipinski definition) is 1. The molecule has 0 N–H and O–H groups in total. The van der Waals surface area contributed by atoms with Gasteiger partial charge in [-0.1, -0.05) is 38.5 Å². The Kier molecular flexibility index (Phi) is 10.2. The maximum absolute atomic E-state index is 11.5. The summed E-state index contributed by atoms with van der Waals surface area (Å²) in [6.07, 6.45) is 11.8. The van der Waals surface area contributed by atoms with Crippen molar-refractivity contribution >= 4 is 18.6 Å². The molecule has 1 aromatic heterocycles. The molecular formula is C16H26O3S. The van der Waals surface area contributed by atoms with E-state index in [1.165, 1.54) is 38.5 Å². The minimum Gasteiger partial charge on any atom is -0.466 e. The molecule has 20 heavy (non-hydrogen) atoms. The molecule has 0 bridgehead atoms. The van der Waals surface area contributed by atoms with Crippen LogP contribution in [0, 0.1) is 0 Å². The van der Waals surface area contributed by atoms with E-state index < -0.39 is 0 Å². The van der Waals surface area contributed by atoms with Gasteiger partial charge in [-0.15, -0.1) is 0 Å². The quantitative estimate of drug-likeness (QED) is 0.343. The lowest BCUT2D eigenvalue weighted by molar-refractivity contribution is -0.145. The monoisotopic (exact) mass is 298 g/mol. The highest BCUT2D eigenvalue weighted by atomic mass is 32.1. The Labute approximate surface area is 127 Å². The number of unbranched alkanes of at least 4 members (excludes halogenated alkanes) is 7. The van der Waals surface area contributed by atoms with Crippen LogP contribution in [0.3, 0.4) is 0 Å². The summed E-state index contributed by atoms with van der Waals surface area (Å²) in [7, 11) is 0. The molecule has 0 aromatic carbocycles. The van der Waals surface area contributed by atoms with Crippen molar-refractivity contribution in [1.29, 1.82) is 0 Å². The van der Waals surface area contributed by atoms with E-state index in [0.29, 0.717) is 12.2 Å². The van der Waals surface area contributed by atoms with Gasteiger partial charge in [0.15, 0.2) is 0 Å². The van der Waals surface area contributed by atoms with Crippen LogP contribution >= 0.6 is 12.6 Å². The zero-order valence-corrected chi connectivity index (χ0v) is 13.1. The van der Waals surface area contributed by atoms with Crippen molar-refractivity contribution in [3.63, 3.8) is 0 Å². The van der Waals surface area contributed by atoms with Crippen LogP contribution in [-0.2, 0) is 16.1 Å². The molecule has 1 aromatic rings. The van der Waals surface area contributed by atoms with E-state index in [-0.39, 0.29) is 12.6 Å². The van der Waals surface area contributed by atoms with Crippen molar-refractivity contribution in [3.05, 3.63) is 24.2 Å². The van der Waals surface area contributed by atoms with E-state index in [0.717, 1.165) is 18.6 Å². The number of rotatable bonds is 12. The summed E-state index contributed by atoms with van der Waals surface area (Å²) in [4.78, 5) is 11.5. The standard InChI is InChI=1S/C16H26O3S/c17-16(19-14-15-10-9-12-18-15)11-7-5-3-1-2-4-6-8-13-20/h9-10,12,20H,1-8,11,13-14H2. The van der Waals surface area contributed by atoms with E-state index in [9.17, 15) is 4.79 Å². The SMILES string of the molecule is O=C(CCCCCCCCCCS)OCc1ccco1. The zero-order valence-electron chi connectivity index (χ0n) is 12.2. The second kappa shape index (κ2) is 11.9. The minimum absolute atomic E-state index is 0.129. The first-order chi connectivity index (χ1) is 9.83. The molecule has 0 fully saturated rings. The van der Waals surface area contributed by atoms with Crippen LogP contribution in [0.1, 0.15) is 63.5 Å². The number of esters is 1. The molecule has 0 atom stereocenters. The van der Waals surface area contributed by atoms with E-state index in [4.69, 9.17) is 9.15 Å². The molecule has 0 aliphatic heterocycles. The summed E-state index contributed by atoms with van der Waals surface area (Å²) in [6, 6.07) is 3.60. The fourth-order valence-corrected chi connectivity index (χ4v) is 2.28. The normalized spacial score (nSPS) is 10.7. The Morgan fingerprint density at radius 3 is 2.30 bits per heavy atom. The Hall–Kier alpha value is -0.900. The molecule has 0 amide bonds. The summed E-state index contributed by atoms with van der Waals surface area (Å²) >= 11 is 4.20. The third kappa shape index (κ3) is 9.08. The fraction of sp³-hybridized carbons (Fsp3) is 0.688. The van der Waals surface area contributed by atoms with Gasteiger partial charge in [-0.05, 0) is 30.7 Å². The number of carbonyl (C=O) groups excluding carboxylic acids is 1. The van der Waals surface area contributed by atoms with Crippen LogP contribution in [-0.4, -0.2) is 11.7 Å². The van der Waals surface area contributed by atoms with E-state index in [1.54, 1.807) is 18.4 Å². The molecule has 114 valence electrons. The molecule has 1 rings (SSSR count). The number of thiol groups is 1. The molecule has 0 saturated carbocycles. The number of ether oxygens (including phenoxy) is 1. The third-order valence-electron chi connectivity index (χ3n) is 3.24. The Bertz CT molecular complexity index is 336. The first-order valence-electron chi connectivity index (χ1n) is 7.62. The van der Waals surface area contributed by atoms with Crippen LogP contribution in [0.4, 0.5) is 0 Å². The third-order valence-corrected chi connectivity index (χ3v) is 3.56. The van der Waals surface area contributed by atoms with Crippen molar-refractivity contribution in [2.24, 2.45) is 0 Å². The van der Waals surface area contributed by atoms with Crippen molar-refractivity contribution in [2.75, 3.05) is 5.75 Å². The summed E-state index contributed by atoms with van der Waals surface area (Å²) in [5, 5.41) is 0. The molecular weight excluding hydrogens is 272 g/mol. The van der Waals surface area contributed by atoms with Crippen LogP contribution in [0.25, 0.3) is 0 Å². The van der Waals surface area contributed by atoms with Crippen LogP contribution in [0.15, 0.2) is 22.8 Å². The van der Waals surface area contributed by atoms with Gasteiger partial charge in [0.25, 0.3) is 0 Å².